The van der Waals surface area contributed by atoms with Gasteiger partial charge in [0.2, 0.25) is 0 Å². The molecule has 0 bridgehead atoms. The summed E-state index contributed by atoms with van der Waals surface area (Å²) in [6, 6.07) is 0. The van der Waals surface area contributed by atoms with Crippen molar-refractivity contribution < 1.29 is 21.8 Å². The number of rotatable bonds is 0. The molecule has 0 unspecified atom stereocenters. The number of hydrogen-bond donors (Lipinski definition) is 0. The Bertz CT molecular complexity index is 70.4. The molecule has 1 heterocycles. The zero-order chi connectivity index (χ0) is 4.41. The summed E-state index contributed by atoms with van der Waals surface area (Å²) in [6.07, 6.45) is 1.65. The maximum absolute atomic E-state index is 10.1. The van der Waals surface area contributed by atoms with Crippen LogP contribution in [-0.4, -0.2) is 35.5 Å². The SMILES string of the molecule is O=C1CCC[N-]1.[Br-].[Mg+2]. The van der Waals surface area contributed by atoms with Crippen molar-refractivity contribution in [1.82, 2.24) is 0 Å². The molecule has 4 heteroatoms. The molecular weight excluding hydrogens is 182 g/mol. The molecule has 1 aliphatic heterocycles. The Morgan fingerprint density at radius 3 is 2.25 bits per heavy atom. The standard InChI is InChI=1S/C4H7NO.BrH.Mg/c6-4-2-1-3-5-4;;/h1-3H2,(H,5,6);1H;/q;;+2/p-2. The van der Waals surface area contributed by atoms with Gasteiger partial charge in [0, 0.05) is 0 Å². The number of carbonyl (C=O) groups excluding carboxylic acids is 1. The summed E-state index contributed by atoms with van der Waals surface area (Å²) in [5.74, 6) is 0.0787. The first-order valence-corrected chi connectivity index (χ1v) is 2.10. The minimum Gasteiger partial charge on any atom is -1.00 e. The van der Waals surface area contributed by atoms with E-state index in [0.717, 1.165) is 13.0 Å². The normalized spacial score (nSPS) is 15.8. The van der Waals surface area contributed by atoms with Gasteiger partial charge in [0.05, 0.1) is 5.91 Å². The first kappa shape index (κ1) is 11.5. The van der Waals surface area contributed by atoms with Crippen molar-refractivity contribution in [2.45, 2.75) is 12.8 Å². The minimum absolute atomic E-state index is 0. The molecule has 0 aromatic rings. The number of amides is 1. The van der Waals surface area contributed by atoms with Crippen molar-refractivity contribution in [3.05, 3.63) is 5.32 Å². The van der Waals surface area contributed by atoms with Crippen LogP contribution in [-0.2, 0) is 4.79 Å². The van der Waals surface area contributed by atoms with Crippen molar-refractivity contribution in [3.8, 4) is 0 Å². The summed E-state index contributed by atoms with van der Waals surface area (Å²) in [4.78, 5) is 10.1. The van der Waals surface area contributed by atoms with E-state index in [1.165, 1.54) is 0 Å². The predicted molar refractivity (Wildman–Crippen MR) is 28.2 cm³/mol. The Balaban J connectivity index is 0. The van der Waals surface area contributed by atoms with Gasteiger partial charge in [-0.25, -0.2) is 0 Å². The molecule has 1 rings (SSSR count). The van der Waals surface area contributed by atoms with Gasteiger partial charge in [-0.3, -0.25) is 0 Å². The minimum atomic E-state index is 0. The van der Waals surface area contributed by atoms with Crippen molar-refractivity contribution in [2.75, 3.05) is 6.54 Å². The molecule has 0 aromatic heterocycles. The van der Waals surface area contributed by atoms with Gasteiger partial charge < -0.3 is 27.1 Å². The fourth-order valence-electron chi connectivity index (χ4n) is 0.513. The van der Waals surface area contributed by atoms with Crippen LogP contribution in [0.5, 0.6) is 0 Å². The van der Waals surface area contributed by atoms with E-state index in [4.69, 9.17) is 0 Å². The maximum Gasteiger partial charge on any atom is 2.00 e. The van der Waals surface area contributed by atoms with Gasteiger partial charge in [-0.2, -0.15) is 0 Å². The molecular formula is C4H6BrMgNO. The fraction of sp³-hybridized carbons (Fsp3) is 0.750. The van der Waals surface area contributed by atoms with Crippen molar-refractivity contribution in [3.63, 3.8) is 0 Å². The summed E-state index contributed by atoms with van der Waals surface area (Å²) in [5, 5.41) is 3.60. The van der Waals surface area contributed by atoms with Gasteiger partial charge in [0.25, 0.3) is 0 Å². The van der Waals surface area contributed by atoms with Crippen molar-refractivity contribution in [2.24, 2.45) is 0 Å². The summed E-state index contributed by atoms with van der Waals surface area (Å²) < 4.78 is 0. The summed E-state index contributed by atoms with van der Waals surface area (Å²) >= 11 is 0. The third-order valence-corrected chi connectivity index (χ3v) is 0.837. The van der Waals surface area contributed by atoms with Gasteiger partial charge in [-0.1, -0.05) is 6.42 Å². The van der Waals surface area contributed by atoms with Crippen molar-refractivity contribution in [1.29, 1.82) is 0 Å². The third kappa shape index (κ3) is 3.69. The second-order valence-electron chi connectivity index (χ2n) is 1.38. The van der Waals surface area contributed by atoms with Crippen LogP contribution in [0.25, 0.3) is 5.32 Å². The van der Waals surface area contributed by atoms with E-state index >= 15 is 0 Å². The summed E-state index contributed by atoms with van der Waals surface area (Å²) in [7, 11) is 0. The third-order valence-electron chi connectivity index (χ3n) is 0.837. The second-order valence-corrected chi connectivity index (χ2v) is 1.38. The molecule has 0 saturated carbocycles. The number of nitrogens with zero attached hydrogens (tertiary/aromatic N) is 1. The summed E-state index contributed by atoms with van der Waals surface area (Å²) in [6.45, 7) is 0.763. The average Bonchev–Trinajstić information content (AvgIpc) is 1.86. The molecule has 0 spiro atoms. The van der Waals surface area contributed by atoms with Gasteiger partial charge in [-0.15, -0.1) is 6.54 Å². The maximum atomic E-state index is 10.1. The molecule has 1 saturated heterocycles. The van der Waals surface area contributed by atoms with Crippen LogP contribution < -0.4 is 17.0 Å². The molecule has 0 N–H and O–H groups in total. The van der Waals surface area contributed by atoms with E-state index in [9.17, 15) is 4.79 Å². The predicted octanol–water partition coefficient (Wildman–Crippen LogP) is -2.70. The number of halogens is 1. The van der Waals surface area contributed by atoms with Crippen LogP contribution in [0.15, 0.2) is 0 Å². The average molecular weight is 188 g/mol. The van der Waals surface area contributed by atoms with E-state index in [2.05, 4.69) is 5.32 Å². The zero-order valence-electron chi connectivity index (χ0n) is 4.56. The molecule has 1 aliphatic rings. The van der Waals surface area contributed by atoms with Crippen LogP contribution in [0.1, 0.15) is 12.8 Å². The summed E-state index contributed by atoms with van der Waals surface area (Å²) in [5.41, 5.74) is 0. The van der Waals surface area contributed by atoms with Crippen LogP contribution in [0.3, 0.4) is 0 Å². The Kier molecular flexibility index (Phi) is 8.41. The Morgan fingerprint density at radius 2 is 2.12 bits per heavy atom. The molecule has 1 fully saturated rings. The molecule has 42 valence electrons. The first-order valence-electron chi connectivity index (χ1n) is 2.10. The van der Waals surface area contributed by atoms with Gasteiger partial charge in [0.15, 0.2) is 0 Å². The fourth-order valence-corrected chi connectivity index (χ4v) is 0.513. The van der Waals surface area contributed by atoms with Crippen LogP contribution >= 0.6 is 0 Å². The van der Waals surface area contributed by atoms with Crippen LogP contribution in [0, 0.1) is 0 Å². The van der Waals surface area contributed by atoms with Gasteiger partial charge in [0.1, 0.15) is 0 Å². The smallest absolute Gasteiger partial charge is 1.00 e. The zero-order valence-corrected chi connectivity index (χ0v) is 7.56. The Hall–Kier alpha value is 0.716. The Labute approximate surface area is 75.3 Å². The molecule has 1 amide bonds. The van der Waals surface area contributed by atoms with Gasteiger partial charge in [-0.05, 0) is 6.42 Å². The topological polar surface area (TPSA) is 31.2 Å². The van der Waals surface area contributed by atoms with Crippen LogP contribution in [0.4, 0.5) is 0 Å². The van der Waals surface area contributed by atoms with E-state index in [-0.39, 0.29) is 45.9 Å². The quantitative estimate of drug-likeness (QED) is 0.381. The first-order chi connectivity index (χ1) is 2.89. The van der Waals surface area contributed by atoms with E-state index < -0.39 is 0 Å². The molecule has 0 aromatic carbocycles. The van der Waals surface area contributed by atoms with E-state index in [1.54, 1.807) is 0 Å². The van der Waals surface area contributed by atoms with Crippen LogP contribution in [0.2, 0.25) is 0 Å². The molecule has 2 nitrogen and oxygen atoms in total. The van der Waals surface area contributed by atoms with E-state index in [1.807, 2.05) is 0 Å². The molecule has 0 radical (unpaired) electrons. The second kappa shape index (κ2) is 5.85. The largest absolute Gasteiger partial charge is 2.00 e. The van der Waals surface area contributed by atoms with E-state index in [0.29, 0.717) is 6.42 Å². The van der Waals surface area contributed by atoms with Gasteiger partial charge >= 0.3 is 23.1 Å². The monoisotopic (exact) mass is 187 g/mol. The number of hydrogen-bond acceptors (Lipinski definition) is 1. The number of carbonyl (C=O) groups is 1. The van der Waals surface area contributed by atoms with Crippen molar-refractivity contribution >= 4 is 29.0 Å². The molecule has 0 atom stereocenters. The Morgan fingerprint density at radius 1 is 1.50 bits per heavy atom. The molecule has 0 aliphatic carbocycles. The molecule has 8 heavy (non-hydrogen) atoms.